The van der Waals surface area contributed by atoms with Gasteiger partial charge in [0.05, 0.1) is 15.8 Å². The van der Waals surface area contributed by atoms with Crippen molar-refractivity contribution in [1.82, 2.24) is 0 Å². The van der Waals surface area contributed by atoms with E-state index in [2.05, 4.69) is 37.2 Å². The molecule has 0 bridgehead atoms. The molecule has 0 saturated carbocycles. The Labute approximate surface area is 126 Å². The number of carbonyl (C=O) groups excluding carboxylic acids is 1. The van der Waals surface area contributed by atoms with Crippen LogP contribution in [0.3, 0.4) is 0 Å². The Morgan fingerprint density at radius 3 is 2.53 bits per heavy atom. The summed E-state index contributed by atoms with van der Waals surface area (Å²) < 4.78 is 14.5. The maximum absolute atomic E-state index is 13.4. The lowest BCUT2D eigenvalue weighted by Gasteiger charge is -2.08. The molecule has 98 valence electrons. The van der Waals surface area contributed by atoms with Gasteiger partial charge in [-0.3, -0.25) is 4.79 Å². The first kappa shape index (κ1) is 14.0. The van der Waals surface area contributed by atoms with E-state index in [1.54, 1.807) is 18.2 Å². The molecule has 0 aliphatic heterocycles. The summed E-state index contributed by atoms with van der Waals surface area (Å²) in [6.45, 7) is 0. The van der Waals surface area contributed by atoms with E-state index in [1.165, 1.54) is 12.1 Å². The van der Waals surface area contributed by atoms with Gasteiger partial charge in [-0.2, -0.15) is 0 Å². The molecule has 0 atom stereocenters. The number of nitrogen functional groups attached to an aromatic ring is 1. The highest BCUT2D eigenvalue weighted by molar-refractivity contribution is 9.10. The second-order valence-corrected chi connectivity index (χ2v) is 5.58. The number of halogens is 3. The smallest absolute Gasteiger partial charge is 0.255 e. The third kappa shape index (κ3) is 3.33. The molecule has 2 aromatic rings. The van der Waals surface area contributed by atoms with Crippen molar-refractivity contribution >= 4 is 49.1 Å². The van der Waals surface area contributed by atoms with Crippen LogP contribution in [-0.2, 0) is 0 Å². The van der Waals surface area contributed by atoms with Crippen molar-refractivity contribution in [3.63, 3.8) is 0 Å². The minimum Gasteiger partial charge on any atom is -0.397 e. The highest BCUT2D eigenvalue weighted by Gasteiger charge is 2.10. The predicted octanol–water partition coefficient (Wildman–Crippen LogP) is 4.19. The van der Waals surface area contributed by atoms with Crippen LogP contribution in [0.4, 0.5) is 15.8 Å². The summed E-state index contributed by atoms with van der Waals surface area (Å²) in [6, 6.07) is 9.28. The SMILES string of the molecule is Nc1cc(Br)ccc1NC(=O)c1ccc(Br)c(F)c1. The fraction of sp³-hybridized carbons (Fsp3) is 0. The molecule has 3 N–H and O–H groups in total. The van der Waals surface area contributed by atoms with Gasteiger partial charge in [0.15, 0.2) is 0 Å². The van der Waals surface area contributed by atoms with Crippen LogP contribution in [0.25, 0.3) is 0 Å². The number of hydrogen-bond acceptors (Lipinski definition) is 2. The van der Waals surface area contributed by atoms with Gasteiger partial charge in [-0.05, 0) is 52.3 Å². The fourth-order valence-corrected chi connectivity index (χ4v) is 2.10. The van der Waals surface area contributed by atoms with Gasteiger partial charge in [0.1, 0.15) is 5.82 Å². The number of nitrogens with two attached hydrogens (primary N) is 1. The van der Waals surface area contributed by atoms with Gasteiger partial charge in [-0.25, -0.2) is 4.39 Å². The van der Waals surface area contributed by atoms with Crippen LogP contribution in [0.15, 0.2) is 45.3 Å². The maximum Gasteiger partial charge on any atom is 0.255 e. The minimum atomic E-state index is -0.489. The summed E-state index contributed by atoms with van der Waals surface area (Å²) >= 11 is 6.31. The summed E-state index contributed by atoms with van der Waals surface area (Å²) in [5, 5.41) is 2.63. The molecule has 2 aromatic carbocycles. The molecule has 0 aliphatic rings. The Hall–Kier alpha value is -1.40. The van der Waals surface area contributed by atoms with Crippen molar-refractivity contribution in [2.75, 3.05) is 11.1 Å². The van der Waals surface area contributed by atoms with Crippen LogP contribution in [0.1, 0.15) is 10.4 Å². The topological polar surface area (TPSA) is 55.1 Å². The Morgan fingerprint density at radius 2 is 1.89 bits per heavy atom. The maximum atomic E-state index is 13.4. The van der Waals surface area contributed by atoms with Gasteiger partial charge in [-0.15, -0.1) is 0 Å². The minimum absolute atomic E-state index is 0.225. The first-order chi connectivity index (χ1) is 8.97. The summed E-state index contributed by atoms with van der Waals surface area (Å²) in [5.41, 5.74) is 6.91. The van der Waals surface area contributed by atoms with Crippen LogP contribution in [0.2, 0.25) is 0 Å². The molecule has 19 heavy (non-hydrogen) atoms. The van der Waals surface area contributed by atoms with Gasteiger partial charge in [0.2, 0.25) is 0 Å². The van der Waals surface area contributed by atoms with Crippen LogP contribution < -0.4 is 11.1 Å². The van der Waals surface area contributed by atoms with E-state index in [1.807, 2.05) is 0 Å². The average Bonchev–Trinajstić information content (AvgIpc) is 2.36. The summed E-state index contributed by atoms with van der Waals surface area (Å²) in [6.07, 6.45) is 0. The van der Waals surface area contributed by atoms with E-state index in [-0.39, 0.29) is 5.56 Å². The molecule has 3 nitrogen and oxygen atoms in total. The number of amides is 1. The average molecular weight is 388 g/mol. The predicted molar refractivity (Wildman–Crippen MR) is 80.6 cm³/mol. The van der Waals surface area contributed by atoms with E-state index in [0.29, 0.717) is 15.8 Å². The first-order valence-corrected chi connectivity index (χ1v) is 6.87. The van der Waals surface area contributed by atoms with E-state index in [4.69, 9.17) is 5.73 Å². The molecule has 1 amide bonds. The number of rotatable bonds is 2. The Morgan fingerprint density at radius 1 is 1.16 bits per heavy atom. The van der Waals surface area contributed by atoms with Crippen molar-refractivity contribution in [3.8, 4) is 0 Å². The zero-order valence-corrected chi connectivity index (χ0v) is 12.8. The van der Waals surface area contributed by atoms with Crippen molar-refractivity contribution < 1.29 is 9.18 Å². The molecule has 0 radical (unpaired) electrons. The molecular weight excluding hydrogens is 379 g/mol. The van der Waals surface area contributed by atoms with E-state index in [0.717, 1.165) is 10.5 Å². The third-order valence-electron chi connectivity index (χ3n) is 2.44. The van der Waals surface area contributed by atoms with Crippen LogP contribution >= 0.6 is 31.9 Å². The molecular formula is C13H9Br2FN2O. The molecule has 0 saturated heterocycles. The Bertz CT molecular complexity index is 647. The first-order valence-electron chi connectivity index (χ1n) is 5.29. The standard InChI is InChI=1S/C13H9Br2FN2O/c14-8-2-4-12(11(17)6-8)18-13(19)7-1-3-9(15)10(16)5-7/h1-6H,17H2,(H,18,19). The number of benzene rings is 2. The largest absolute Gasteiger partial charge is 0.397 e. The third-order valence-corrected chi connectivity index (χ3v) is 3.58. The Balaban J connectivity index is 2.23. The fourth-order valence-electron chi connectivity index (χ4n) is 1.48. The number of nitrogens with one attached hydrogen (secondary N) is 1. The van der Waals surface area contributed by atoms with Crippen molar-refractivity contribution in [2.45, 2.75) is 0 Å². The lowest BCUT2D eigenvalue weighted by molar-refractivity contribution is 0.102. The monoisotopic (exact) mass is 386 g/mol. The molecule has 0 aliphatic carbocycles. The summed E-state index contributed by atoms with van der Waals surface area (Å²) in [5.74, 6) is -0.906. The quantitative estimate of drug-likeness (QED) is 0.759. The van der Waals surface area contributed by atoms with Gasteiger partial charge in [0.25, 0.3) is 5.91 Å². The van der Waals surface area contributed by atoms with Crippen molar-refractivity contribution in [1.29, 1.82) is 0 Å². The zero-order chi connectivity index (χ0) is 14.0. The van der Waals surface area contributed by atoms with E-state index < -0.39 is 11.7 Å². The molecule has 0 spiro atoms. The number of anilines is 2. The molecule has 0 fully saturated rings. The zero-order valence-electron chi connectivity index (χ0n) is 9.58. The molecule has 6 heteroatoms. The van der Waals surface area contributed by atoms with Crippen LogP contribution in [-0.4, -0.2) is 5.91 Å². The highest BCUT2D eigenvalue weighted by atomic mass is 79.9. The van der Waals surface area contributed by atoms with Crippen molar-refractivity contribution in [3.05, 3.63) is 56.7 Å². The lowest BCUT2D eigenvalue weighted by Crippen LogP contribution is -2.13. The highest BCUT2D eigenvalue weighted by Crippen LogP contribution is 2.24. The number of hydrogen-bond donors (Lipinski definition) is 2. The summed E-state index contributed by atoms with van der Waals surface area (Å²) in [4.78, 5) is 12.0. The van der Waals surface area contributed by atoms with Gasteiger partial charge < -0.3 is 11.1 Å². The van der Waals surface area contributed by atoms with Crippen LogP contribution in [0.5, 0.6) is 0 Å². The molecule has 0 aromatic heterocycles. The Kier molecular flexibility index (Phi) is 4.21. The second-order valence-electron chi connectivity index (χ2n) is 3.81. The van der Waals surface area contributed by atoms with Crippen LogP contribution in [0, 0.1) is 5.82 Å². The number of carbonyl (C=O) groups is 1. The van der Waals surface area contributed by atoms with Gasteiger partial charge in [0, 0.05) is 10.0 Å². The van der Waals surface area contributed by atoms with Gasteiger partial charge >= 0.3 is 0 Å². The second kappa shape index (κ2) is 5.71. The van der Waals surface area contributed by atoms with Crippen molar-refractivity contribution in [2.24, 2.45) is 0 Å². The van der Waals surface area contributed by atoms with E-state index >= 15 is 0 Å². The molecule has 0 heterocycles. The normalized spacial score (nSPS) is 10.3. The molecule has 2 rings (SSSR count). The molecule has 0 unspecified atom stereocenters. The summed E-state index contributed by atoms with van der Waals surface area (Å²) in [7, 11) is 0. The van der Waals surface area contributed by atoms with E-state index in [9.17, 15) is 9.18 Å². The lowest BCUT2D eigenvalue weighted by atomic mass is 10.2. The van der Waals surface area contributed by atoms with Gasteiger partial charge in [-0.1, -0.05) is 15.9 Å².